The number of carbonyl (C=O) groups is 2. The molecule has 1 unspecified atom stereocenters. The van der Waals surface area contributed by atoms with Gasteiger partial charge >= 0.3 is 11.9 Å². The molecule has 0 spiro atoms. The molecule has 0 aromatic rings. The maximum Gasteiger partial charge on any atom is 0.306 e. The highest BCUT2D eigenvalue weighted by Crippen LogP contribution is 2.17. The van der Waals surface area contributed by atoms with Crippen molar-refractivity contribution >= 4 is 11.9 Å². The average molecular weight is 1160 g/mol. The largest absolute Gasteiger partial charge is 0.462 e. The van der Waals surface area contributed by atoms with E-state index in [4.69, 9.17) is 9.47 Å². The molecule has 480 valence electrons. The number of aliphatic hydroxyl groups excluding tert-OH is 1. The van der Waals surface area contributed by atoms with E-state index in [2.05, 4.69) is 148 Å². The fourth-order valence-corrected chi connectivity index (χ4v) is 10.1. The molecule has 84 heavy (non-hydrogen) atoms. The highest BCUT2D eigenvalue weighted by Gasteiger charge is 2.16. The van der Waals surface area contributed by atoms with Crippen molar-refractivity contribution in [2.75, 3.05) is 13.2 Å². The Labute approximate surface area is 521 Å². The summed E-state index contributed by atoms with van der Waals surface area (Å²) in [6.07, 6.45) is 109. The van der Waals surface area contributed by atoms with Crippen molar-refractivity contribution in [3.05, 3.63) is 134 Å². The number of rotatable bonds is 65. The second-order valence-corrected chi connectivity index (χ2v) is 23.6. The first-order chi connectivity index (χ1) is 41.6. The van der Waals surface area contributed by atoms with E-state index in [1.807, 2.05) is 0 Å². The molecule has 0 rings (SSSR count). The summed E-state index contributed by atoms with van der Waals surface area (Å²) < 4.78 is 10.8. The first-order valence-electron chi connectivity index (χ1n) is 35.7. The first kappa shape index (κ1) is 80.0. The molecule has 0 saturated heterocycles. The highest BCUT2D eigenvalue weighted by molar-refractivity contribution is 5.70. The van der Waals surface area contributed by atoms with Gasteiger partial charge in [0, 0.05) is 12.8 Å². The molecule has 0 radical (unpaired) electrons. The number of hydrogen-bond donors (Lipinski definition) is 1. The minimum Gasteiger partial charge on any atom is -0.462 e. The lowest BCUT2D eigenvalue weighted by molar-refractivity contribution is -0.161. The Balaban J connectivity index is 3.49. The molecule has 0 amide bonds. The van der Waals surface area contributed by atoms with Gasteiger partial charge in [0.1, 0.15) is 6.61 Å². The van der Waals surface area contributed by atoms with E-state index >= 15 is 0 Å². The predicted molar refractivity (Wildman–Crippen MR) is 371 cm³/mol. The smallest absolute Gasteiger partial charge is 0.306 e. The summed E-state index contributed by atoms with van der Waals surface area (Å²) in [6.45, 7) is 4.04. The van der Waals surface area contributed by atoms with Crippen LogP contribution in [0.5, 0.6) is 0 Å². The SMILES string of the molecule is CC/C=C\C/C=C\C/C=C\C/C=C\C/C=C\C/C=C\C/C=C\C/C=C\CCCCCCCCCCCCCCCCCCC(=O)OC(CO)COC(=O)CCCCCCCCCCCCCCCC/C=C\C/C=C\C/C=C\CCCCCCC. The lowest BCUT2D eigenvalue weighted by Gasteiger charge is -2.15. The number of allylic oxidation sites excluding steroid dienone is 22. The van der Waals surface area contributed by atoms with E-state index in [0.717, 1.165) is 103 Å². The normalized spacial score (nSPS) is 13.0. The Morgan fingerprint density at radius 1 is 0.286 bits per heavy atom. The fraction of sp³-hybridized carbons (Fsp3) is 0.696. The van der Waals surface area contributed by atoms with Gasteiger partial charge in [0.05, 0.1) is 6.61 Å². The summed E-state index contributed by atoms with van der Waals surface area (Å²) in [6, 6.07) is 0. The summed E-state index contributed by atoms with van der Waals surface area (Å²) in [5.41, 5.74) is 0. The Hall–Kier alpha value is -3.96. The zero-order valence-corrected chi connectivity index (χ0v) is 55.1. The number of unbranched alkanes of at least 4 members (excludes halogenated alkanes) is 35. The second-order valence-electron chi connectivity index (χ2n) is 23.6. The van der Waals surface area contributed by atoms with Gasteiger partial charge in [0.15, 0.2) is 6.10 Å². The zero-order chi connectivity index (χ0) is 60.5. The molecule has 0 heterocycles. The maximum atomic E-state index is 12.4. The molecule has 0 aromatic carbocycles. The monoisotopic (exact) mass is 1160 g/mol. The standard InChI is InChI=1S/C79H134O5/c1-3-5-7-9-11-13-15-17-19-21-23-25-27-29-31-33-34-35-36-37-38-39-40-41-42-43-44-46-48-50-52-54-56-58-60-62-64-66-68-70-72-74-79(82)84-77(75-80)76-83-78(81)73-71-69-67-65-63-61-59-57-55-53-51-49-47-45-32-30-28-26-24-22-20-18-16-14-12-10-8-6-4-2/h5,7,11,13,16-19,22-25,28-31,34-35,37-38,40-41,77,80H,3-4,6,8-10,12,14-15,20-21,26-27,32-33,36,39,42-76H2,1-2H3/b7-5-,13-11-,18-16-,19-17-,24-22-,25-23-,30-28-,31-29-,35-34-,38-37-,41-40-. The number of hydrogen-bond acceptors (Lipinski definition) is 5. The lowest BCUT2D eigenvalue weighted by Crippen LogP contribution is -2.28. The topological polar surface area (TPSA) is 72.8 Å². The van der Waals surface area contributed by atoms with Crippen LogP contribution in [0.25, 0.3) is 0 Å². The molecule has 0 fully saturated rings. The summed E-state index contributed by atoms with van der Waals surface area (Å²) in [5.74, 6) is -0.584. The van der Waals surface area contributed by atoms with E-state index in [9.17, 15) is 14.7 Å². The molecule has 5 heteroatoms. The molecule has 1 atom stereocenters. The Kier molecular flexibility index (Phi) is 69.8. The van der Waals surface area contributed by atoms with Gasteiger partial charge in [-0.2, -0.15) is 0 Å². The molecule has 0 aliphatic rings. The predicted octanol–water partition coefficient (Wildman–Crippen LogP) is 25.1. The minimum atomic E-state index is -0.780. The Morgan fingerprint density at radius 3 is 0.774 bits per heavy atom. The Bertz CT molecular complexity index is 1700. The van der Waals surface area contributed by atoms with Crippen LogP contribution in [0.1, 0.15) is 335 Å². The summed E-state index contributed by atoms with van der Waals surface area (Å²) >= 11 is 0. The lowest BCUT2D eigenvalue weighted by atomic mass is 10.0. The van der Waals surface area contributed by atoms with Gasteiger partial charge in [-0.3, -0.25) is 9.59 Å². The van der Waals surface area contributed by atoms with E-state index in [1.54, 1.807) is 0 Å². The third kappa shape index (κ3) is 70.5. The van der Waals surface area contributed by atoms with Crippen molar-refractivity contribution in [2.24, 2.45) is 0 Å². The van der Waals surface area contributed by atoms with Crippen LogP contribution in [0.3, 0.4) is 0 Å². The molecule has 0 aliphatic heterocycles. The molecule has 5 nitrogen and oxygen atoms in total. The van der Waals surface area contributed by atoms with Crippen molar-refractivity contribution < 1.29 is 24.2 Å². The molecular formula is C79H134O5. The van der Waals surface area contributed by atoms with Crippen LogP contribution in [0, 0.1) is 0 Å². The van der Waals surface area contributed by atoms with E-state index in [0.29, 0.717) is 12.8 Å². The van der Waals surface area contributed by atoms with Crippen LogP contribution in [-0.4, -0.2) is 36.4 Å². The fourth-order valence-electron chi connectivity index (χ4n) is 10.1. The number of ether oxygens (including phenoxy) is 2. The van der Waals surface area contributed by atoms with E-state index < -0.39 is 6.10 Å². The van der Waals surface area contributed by atoms with Crippen molar-refractivity contribution in [3.8, 4) is 0 Å². The zero-order valence-electron chi connectivity index (χ0n) is 55.1. The van der Waals surface area contributed by atoms with Crippen molar-refractivity contribution in [2.45, 2.75) is 341 Å². The van der Waals surface area contributed by atoms with Crippen LogP contribution in [0.4, 0.5) is 0 Å². The van der Waals surface area contributed by atoms with Gasteiger partial charge in [0.25, 0.3) is 0 Å². The van der Waals surface area contributed by atoms with E-state index in [1.165, 1.54) is 205 Å². The summed E-state index contributed by atoms with van der Waals surface area (Å²) in [4.78, 5) is 24.7. The average Bonchev–Trinajstić information content (AvgIpc) is 3.51. The van der Waals surface area contributed by atoms with E-state index in [-0.39, 0.29) is 25.2 Å². The molecule has 1 N–H and O–H groups in total. The third-order valence-corrected chi connectivity index (χ3v) is 15.4. The van der Waals surface area contributed by atoms with Crippen LogP contribution in [-0.2, 0) is 19.1 Å². The molecule has 0 saturated carbocycles. The minimum absolute atomic E-state index is 0.0687. The maximum absolute atomic E-state index is 12.4. The molecule has 0 bridgehead atoms. The Morgan fingerprint density at radius 2 is 0.512 bits per heavy atom. The van der Waals surface area contributed by atoms with Gasteiger partial charge in [-0.05, 0) is 116 Å². The van der Waals surface area contributed by atoms with Gasteiger partial charge in [-0.1, -0.05) is 340 Å². The molecular weight excluding hydrogens is 1030 g/mol. The van der Waals surface area contributed by atoms with Crippen LogP contribution >= 0.6 is 0 Å². The van der Waals surface area contributed by atoms with Crippen LogP contribution in [0.2, 0.25) is 0 Å². The molecule has 0 aromatic heterocycles. The van der Waals surface area contributed by atoms with Crippen molar-refractivity contribution in [1.29, 1.82) is 0 Å². The van der Waals surface area contributed by atoms with Crippen molar-refractivity contribution in [3.63, 3.8) is 0 Å². The van der Waals surface area contributed by atoms with Crippen LogP contribution < -0.4 is 0 Å². The highest BCUT2D eigenvalue weighted by atomic mass is 16.6. The second kappa shape index (κ2) is 73.3. The number of esters is 2. The van der Waals surface area contributed by atoms with Gasteiger partial charge in [-0.25, -0.2) is 0 Å². The summed E-state index contributed by atoms with van der Waals surface area (Å²) in [5, 5.41) is 9.71. The van der Waals surface area contributed by atoms with Gasteiger partial charge in [-0.15, -0.1) is 0 Å². The van der Waals surface area contributed by atoms with Gasteiger partial charge in [0.2, 0.25) is 0 Å². The molecule has 0 aliphatic carbocycles. The van der Waals surface area contributed by atoms with Gasteiger partial charge < -0.3 is 14.6 Å². The quantitative estimate of drug-likeness (QED) is 0.0373. The number of carbonyl (C=O) groups excluding carboxylic acids is 2. The first-order valence-corrected chi connectivity index (χ1v) is 35.7. The van der Waals surface area contributed by atoms with Crippen molar-refractivity contribution in [1.82, 2.24) is 0 Å². The van der Waals surface area contributed by atoms with Crippen LogP contribution in [0.15, 0.2) is 134 Å². The third-order valence-electron chi connectivity index (χ3n) is 15.4. The summed E-state index contributed by atoms with van der Waals surface area (Å²) in [7, 11) is 0. The number of aliphatic hydroxyl groups is 1.